The first kappa shape index (κ1) is 12.6. The summed E-state index contributed by atoms with van der Waals surface area (Å²) in [7, 11) is 0. The van der Waals surface area contributed by atoms with E-state index in [0.717, 1.165) is 17.8 Å². The summed E-state index contributed by atoms with van der Waals surface area (Å²) in [6.07, 6.45) is 2.32. The van der Waals surface area contributed by atoms with E-state index < -0.39 is 0 Å². The predicted octanol–water partition coefficient (Wildman–Crippen LogP) is 3.75. The van der Waals surface area contributed by atoms with Crippen LogP contribution in [-0.2, 0) is 13.0 Å². The molecule has 2 aromatic heterocycles. The van der Waals surface area contributed by atoms with Gasteiger partial charge in [0.05, 0.1) is 11.4 Å². The standard InChI is InChI=1S/C16H15N3OS/c1-2-7-13-12(5-1)6-3-9-19(13)11-15-17-16(18-20-15)14-8-4-10-21-14/h1-2,4-5,7-8,10H,3,6,9,11H2. The maximum Gasteiger partial charge on any atom is 0.246 e. The Morgan fingerprint density at radius 1 is 1.19 bits per heavy atom. The van der Waals surface area contributed by atoms with Gasteiger partial charge in [-0.15, -0.1) is 11.3 Å². The van der Waals surface area contributed by atoms with E-state index in [-0.39, 0.29) is 0 Å². The maximum atomic E-state index is 5.41. The van der Waals surface area contributed by atoms with Crippen LogP contribution in [0.5, 0.6) is 0 Å². The van der Waals surface area contributed by atoms with E-state index in [0.29, 0.717) is 18.3 Å². The van der Waals surface area contributed by atoms with Crippen molar-refractivity contribution in [1.29, 1.82) is 0 Å². The number of fused-ring (bicyclic) bond motifs is 1. The molecule has 5 heteroatoms. The zero-order valence-corrected chi connectivity index (χ0v) is 12.3. The van der Waals surface area contributed by atoms with Crippen LogP contribution in [0.4, 0.5) is 5.69 Å². The highest BCUT2D eigenvalue weighted by Crippen LogP contribution is 2.28. The fraction of sp³-hybridized carbons (Fsp3) is 0.250. The molecule has 0 spiro atoms. The highest BCUT2D eigenvalue weighted by Gasteiger charge is 2.19. The number of aryl methyl sites for hydroxylation is 1. The monoisotopic (exact) mass is 297 g/mol. The Balaban J connectivity index is 1.57. The van der Waals surface area contributed by atoms with Crippen LogP contribution in [0.1, 0.15) is 17.9 Å². The number of nitrogens with zero attached hydrogens (tertiary/aromatic N) is 3. The fourth-order valence-corrected chi connectivity index (χ4v) is 3.41. The molecule has 0 aliphatic carbocycles. The fourth-order valence-electron chi connectivity index (χ4n) is 2.76. The molecule has 0 amide bonds. The second-order valence-corrected chi connectivity index (χ2v) is 6.09. The molecule has 0 fully saturated rings. The van der Waals surface area contributed by atoms with Crippen molar-refractivity contribution in [3.05, 3.63) is 53.2 Å². The highest BCUT2D eigenvalue weighted by molar-refractivity contribution is 7.13. The summed E-state index contributed by atoms with van der Waals surface area (Å²) in [6, 6.07) is 12.6. The van der Waals surface area contributed by atoms with Crippen molar-refractivity contribution in [2.45, 2.75) is 19.4 Å². The minimum absolute atomic E-state index is 0.676. The lowest BCUT2D eigenvalue weighted by molar-refractivity contribution is 0.375. The van der Waals surface area contributed by atoms with Crippen LogP contribution >= 0.6 is 11.3 Å². The van der Waals surface area contributed by atoms with Crippen molar-refractivity contribution in [1.82, 2.24) is 10.1 Å². The number of aromatic nitrogens is 2. The van der Waals surface area contributed by atoms with Gasteiger partial charge in [0, 0.05) is 12.2 Å². The largest absolute Gasteiger partial charge is 0.362 e. The molecule has 1 aliphatic heterocycles. The van der Waals surface area contributed by atoms with E-state index >= 15 is 0 Å². The molecule has 0 unspecified atom stereocenters. The molecule has 4 nitrogen and oxygen atoms in total. The first-order valence-electron chi connectivity index (χ1n) is 7.09. The van der Waals surface area contributed by atoms with Crippen molar-refractivity contribution in [2.75, 3.05) is 11.4 Å². The van der Waals surface area contributed by atoms with Crippen LogP contribution < -0.4 is 4.90 Å². The SMILES string of the molecule is c1csc(-c2noc(CN3CCCc4ccccc43)n2)c1. The molecule has 106 valence electrons. The lowest BCUT2D eigenvalue weighted by Crippen LogP contribution is -2.28. The third kappa shape index (κ3) is 2.45. The first-order valence-corrected chi connectivity index (χ1v) is 7.97. The van der Waals surface area contributed by atoms with Gasteiger partial charge in [-0.1, -0.05) is 29.4 Å². The van der Waals surface area contributed by atoms with Gasteiger partial charge in [0.1, 0.15) is 0 Å². The number of hydrogen-bond acceptors (Lipinski definition) is 5. The Morgan fingerprint density at radius 3 is 3.05 bits per heavy atom. The van der Waals surface area contributed by atoms with Gasteiger partial charge in [-0.3, -0.25) is 0 Å². The summed E-state index contributed by atoms with van der Waals surface area (Å²) >= 11 is 1.63. The minimum atomic E-state index is 0.676. The molecule has 1 aliphatic rings. The van der Waals surface area contributed by atoms with Crippen LogP contribution in [0.2, 0.25) is 0 Å². The molecule has 0 atom stereocenters. The van der Waals surface area contributed by atoms with Crippen molar-refractivity contribution in [3.8, 4) is 10.7 Å². The maximum absolute atomic E-state index is 5.41. The topological polar surface area (TPSA) is 42.2 Å². The van der Waals surface area contributed by atoms with Crippen molar-refractivity contribution in [3.63, 3.8) is 0 Å². The van der Waals surface area contributed by atoms with Gasteiger partial charge in [0.2, 0.25) is 11.7 Å². The zero-order chi connectivity index (χ0) is 14.1. The van der Waals surface area contributed by atoms with Gasteiger partial charge >= 0.3 is 0 Å². The Morgan fingerprint density at radius 2 is 2.14 bits per heavy atom. The highest BCUT2D eigenvalue weighted by atomic mass is 32.1. The Kier molecular flexibility index (Phi) is 3.20. The molecule has 0 saturated heterocycles. The lowest BCUT2D eigenvalue weighted by atomic mass is 10.0. The summed E-state index contributed by atoms with van der Waals surface area (Å²) in [5, 5.41) is 6.10. The van der Waals surface area contributed by atoms with Crippen LogP contribution in [0.15, 0.2) is 46.3 Å². The molecule has 3 heterocycles. The van der Waals surface area contributed by atoms with E-state index in [9.17, 15) is 0 Å². The molecule has 0 N–H and O–H groups in total. The normalized spacial score (nSPS) is 14.2. The number of benzene rings is 1. The number of thiophene rings is 1. The summed E-state index contributed by atoms with van der Waals surface area (Å²) in [6.45, 7) is 1.71. The average Bonchev–Trinajstić information content (AvgIpc) is 3.18. The van der Waals surface area contributed by atoms with Crippen LogP contribution in [-0.4, -0.2) is 16.7 Å². The molecular weight excluding hydrogens is 282 g/mol. The van der Waals surface area contributed by atoms with Gasteiger partial charge in [0.15, 0.2) is 0 Å². The van der Waals surface area contributed by atoms with Gasteiger partial charge < -0.3 is 9.42 Å². The molecular formula is C16H15N3OS. The second kappa shape index (κ2) is 5.33. The van der Waals surface area contributed by atoms with Gasteiger partial charge in [0.25, 0.3) is 0 Å². The third-order valence-corrected chi connectivity index (χ3v) is 4.61. The molecule has 0 bridgehead atoms. The molecule has 0 radical (unpaired) electrons. The van der Waals surface area contributed by atoms with Gasteiger partial charge in [-0.25, -0.2) is 0 Å². The minimum Gasteiger partial charge on any atom is -0.362 e. The summed E-state index contributed by atoms with van der Waals surface area (Å²) in [4.78, 5) is 7.88. The lowest BCUT2D eigenvalue weighted by Gasteiger charge is -2.29. The Bertz CT molecular complexity index is 736. The van der Waals surface area contributed by atoms with E-state index in [1.165, 1.54) is 17.7 Å². The number of hydrogen-bond donors (Lipinski definition) is 0. The van der Waals surface area contributed by atoms with Gasteiger partial charge in [-0.2, -0.15) is 4.98 Å². The summed E-state index contributed by atoms with van der Waals surface area (Å²) in [5.41, 5.74) is 2.70. The van der Waals surface area contributed by atoms with E-state index in [1.54, 1.807) is 11.3 Å². The summed E-state index contributed by atoms with van der Waals surface area (Å²) < 4.78 is 5.41. The number of anilines is 1. The summed E-state index contributed by atoms with van der Waals surface area (Å²) in [5.74, 6) is 1.36. The average molecular weight is 297 g/mol. The molecule has 4 rings (SSSR count). The number of para-hydroxylation sites is 1. The first-order chi connectivity index (χ1) is 10.4. The van der Waals surface area contributed by atoms with Crippen molar-refractivity contribution < 1.29 is 4.52 Å². The van der Waals surface area contributed by atoms with Gasteiger partial charge in [-0.05, 0) is 35.9 Å². The molecule has 0 saturated carbocycles. The number of rotatable bonds is 3. The van der Waals surface area contributed by atoms with Crippen molar-refractivity contribution in [2.24, 2.45) is 0 Å². The Hall–Kier alpha value is -2.14. The van der Waals surface area contributed by atoms with E-state index in [2.05, 4.69) is 39.3 Å². The zero-order valence-electron chi connectivity index (χ0n) is 11.5. The molecule has 3 aromatic rings. The predicted molar refractivity (Wildman–Crippen MR) is 83.4 cm³/mol. The van der Waals surface area contributed by atoms with Crippen molar-refractivity contribution >= 4 is 17.0 Å². The molecule has 21 heavy (non-hydrogen) atoms. The second-order valence-electron chi connectivity index (χ2n) is 5.14. The van der Waals surface area contributed by atoms with Crippen LogP contribution in [0.25, 0.3) is 10.7 Å². The third-order valence-electron chi connectivity index (χ3n) is 3.74. The van der Waals surface area contributed by atoms with Crippen LogP contribution in [0.3, 0.4) is 0 Å². The van der Waals surface area contributed by atoms with E-state index in [4.69, 9.17) is 4.52 Å². The Labute approximate surface area is 127 Å². The van der Waals surface area contributed by atoms with E-state index in [1.807, 2.05) is 17.5 Å². The van der Waals surface area contributed by atoms with Crippen LogP contribution in [0, 0.1) is 0 Å². The molecule has 1 aromatic carbocycles. The smallest absolute Gasteiger partial charge is 0.246 e. The quantitative estimate of drug-likeness (QED) is 0.738.